The van der Waals surface area contributed by atoms with E-state index in [1.165, 1.54) is 6.42 Å². The molecule has 1 rings (SSSR count). The normalized spacial score (nSPS) is 33.6. The van der Waals surface area contributed by atoms with Crippen LogP contribution in [-0.2, 0) is 0 Å². The van der Waals surface area contributed by atoms with E-state index in [1.807, 2.05) is 0 Å². The second kappa shape index (κ2) is 2.05. The zero-order valence-electron chi connectivity index (χ0n) is 4.91. The van der Waals surface area contributed by atoms with Crippen molar-refractivity contribution in [2.24, 2.45) is 17.0 Å². The molecule has 1 aliphatic rings. The summed E-state index contributed by atoms with van der Waals surface area (Å²) in [7, 11) is 0. The predicted molar refractivity (Wildman–Crippen MR) is 31.3 cm³/mol. The van der Waals surface area contributed by atoms with Gasteiger partial charge in [0.2, 0.25) is 0 Å². The Morgan fingerprint density at radius 2 is 2.50 bits per heavy atom. The molecule has 0 bridgehead atoms. The molecule has 0 aromatic rings. The van der Waals surface area contributed by atoms with Crippen LogP contribution < -0.4 is 0 Å². The van der Waals surface area contributed by atoms with Crippen LogP contribution in [0.25, 0.3) is 10.4 Å². The van der Waals surface area contributed by atoms with E-state index in [0.717, 1.165) is 5.92 Å². The molecule has 1 fully saturated rings. The van der Waals surface area contributed by atoms with Crippen LogP contribution in [-0.4, -0.2) is 6.54 Å². The number of hydrogen-bond donors (Lipinski definition) is 0. The van der Waals surface area contributed by atoms with Gasteiger partial charge in [0, 0.05) is 11.5 Å². The third-order valence-electron chi connectivity index (χ3n) is 1.66. The van der Waals surface area contributed by atoms with E-state index < -0.39 is 0 Å². The summed E-state index contributed by atoms with van der Waals surface area (Å²) in [6, 6.07) is 0. The number of azide groups is 1. The first kappa shape index (κ1) is 5.45. The van der Waals surface area contributed by atoms with Crippen molar-refractivity contribution in [2.75, 3.05) is 6.54 Å². The van der Waals surface area contributed by atoms with Crippen molar-refractivity contribution in [1.82, 2.24) is 0 Å². The zero-order chi connectivity index (χ0) is 5.98. The molecule has 0 amide bonds. The van der Waals surface area contributed by atoms with Gasteiger partial charge in [-0.1, -0.05) is 12.0 Å². The fraction of sp³-hybridized carbons (Fsp3) is 1.00. The maximum atomic E-state index is 7.89. The molecule has 2 unspecified atom stereocenters. The van der Waals surface area contributed by atoms with Crippen LogP contribution in [0.1, 0.15) is 13.3 Å². The molecule has 8 heavy (non-hydrogen) atoms. The van der Waals surface area contributed by atoms with Gasteiger partial charge >= 0.3 is 0 Å². The van der Waals surface area contributed by atoms with Crippen LogP contribution >= 0.6 is 0 Å². The largest absolute Gasteiger partial charge is 0.0937 e. The highest BCUT2D eigenvalue weighted by Gasteiger charge is 2.31. The van der Waals surface area contributed by atoms with Gasteiger partial charge in [0.1, 0.15) is 0 Å². The van der Waals surface area contributed by atoms with Gasteiger partial charge in [0.25, 0.3) is 0 Å². The van der Waals surface area contributed by atoms with Crippen molar-refractivity contribution in [2.45, 2.75) is 13.3 Å². The van der Waals surface area contributed by atoms with Crippen LogP contribution in [0.5, 0.6) is 0 Å². The SMILES string of the molecule is CC1CC1CN=[N+]=[N-]. The summed E-state index contributed by atoms with van der Waals surface area (Å²) in [6.07, 6.45) is 1.25. The van der Waals surface area contributed by atoms with Crippen LogP contribution in [0.2, 0.25) is 0 Å². The molecule has 0 saturated heterocycles. The Morgan fingerprint density at radius 3 is 2.88 bits per heavy atom. The van der Waals surface area contributed by atoms with Crippen LogP contribution in [0.15, 0.2) is 5.11 Å². The molecule has 2 atom stereocenters. The van der Waals surface area contributed by atoms with Gasteiger partial charge in [0.15, 0.2) is 0 Å². The molecule has 0 spiro atoms. The molecule has 1 saturated carbocycles. The number of nitrogens with zero attached hydrogens (tertiary/aromatic N) is 3. The Kier molecular flexibility index (Phi) is 1.40. The number of rotatable bonds is 2. The van der Waals surface area contributed by atoms with Gasteiger partial charge in [-0.15, -0.1) is 0 Å². The molecule has 0 heterocycles. The Labute approximate surface area is 48.3 Å². The second-order valence-corrected chi connectivity index (χ2v) is 2.39. The Morgan fingerprint density at radius 1 is 1.88 bits per heavy atom. The highest BCUT2D eigenvalue weighted by atomic mass is 15.1. The lowest BCUT2D eigenvalue weighted by atomic mass is 10.3. The van der Waals surface area contributed by atoms with E-state index in [4.69, 9.17) is 5.53 Å². The van der Waals surface area contributed by atoms with Crippen molar-refractivity contribution in [3.05, 3.63) is 10.4 Å². The molecule has 0 aromatic carbocycles. The summed E-state index contributed by atoms with van der Waals surface area (Å²) >= 11 is 0. The van der Waals surface area contributed by atoms with Gasteiger partial charge in [-0.25, -0.2) is 0 Å². The molecule has 1 aliphatic carbocycles. The van der Waals surface area contributed by atoms with Gasteiger partial charge in [0.05, 0.1) is 0 Å². The third-order valence-corrected chi connectivity index (χ3v) is 1.66. The van der Waals surface area contributed by atoms with Gasteiger partial charge in [-0.2, -0.15) is 0 Å². The maximum absolute atomic E-state index is 7.89. The van der Waals surface area contributed by atoms with E-state index >= 15 is 0 Å². The standard InChI is InChI=1S/C5H9N3/c1-4-2-5(4)3-7-8-6/h4-5H,2-3H2,1H3. The second-order valence-electron chi connectivity index (χ2n) is 2.39. The number of hydrogen-bond acceptors (Lipinski definition) is 1. The van der Waals surface area contributed by atoms with Crippen molar-refractivity contribution in [3.63, 3.8) is 0 Å². The fourth-order valence-electron chi connectivity index (χ4n) is 0.795. The monoisotopic (exact) mass is 111 g/mol. The first-order chi connectivity index (χ1) is 3.84. The Balaban J connectivity index is 2.13. The fourth-order valence-corrected chi connectivity index (χ4v) is 0.795. The highest BCUT2D eigenvalue weighted by Crippen LogP contribution is 2.37. The van der Waals surface area contributed by atoms with E-state index in [1.54, 1.807) is 0 Å². The molecule has 3 heteroatoms. The average molecular weight is 111 g/mol. The lowest BCUT2D eigenvalue weighted by Gasteiger charge is -1.80. The lowest BCUT2D eigenvalue weighted by Crippen LogP contribution is -1.80. The Bertz CT molecular complexity index is 126. The van der Waals surface area contributed by atoms with Gasteiger partial charge in [-0.05, 0) is 23.8 Å². The smallest absolute Gasteiger partial charge is 0.0288 e. The summed E-state index contributed by atoms with van der Waals surface area (Å²) in [4.78, 5) is 2.68. The summed E-state index contributed by atoms with van der Waals surface area (Å²) in [5.74, 6) is 1.51. The van der Waals surface area contributed by atoms with Crippen molar-refractivity contribution in [1.29, 1.82) is 0 Å². The lowest BCUT2D eigenvalue weighted by molar-refractivity contribution is 0.757. The Hall–Kier alpha value is -0.690. The minimum atomic E-state index is 0.700. The van der Waals surface area contributed by atoms with Gasteiger partial charge in [-0.3, -0.25) is 0 Å². The zero-order valence-corrected chi connectivity index (χ0v) is 4.91. The van der Waals surface area contributed by atoms with Crippen LogP contribution in [0.4, 0.5) is 0 Å². The average Bonchev–Trinajstić information content (AvgIpc) is 2.42. The quantitative estimate of drug-likeness (QED) is 0.297. The van der Waals surface area contributed by atoms with Crippen LogP contribution in [0, 0.1) is 11.8 Å². The molecule has 0 radical (unpaired) electrons. The predicted octanol–water partition coefficient (Wildman–Crippen LogP) is 1.95. The molecular weight excluding hydrogens is 102 g/mol. The van der Waals surface area contributed by atoms with Gasteiger partial charge < -0.3 is 0 Å². The third kappa shape index (κ3) is 1.14. The summed E-state index contributed by atoms with van der Waals surface area (Å²) in [5.41, 5.74) is 7.89. The summed E-state index contributed by atoms with van der Waals surface area (Å²) in [5, 5.41) is 3.46. The minimum absolute atomic E-state index is 0.700. The summed E-state index contributed by atoms with van der Waals surface area (Å²) in [6.45, 7) is 2.88. The first-order valence-corrected chi connectivity index (χ1v) is 2.85. The molecule has 44 valence electrons. The molecule has 0 aliphatic heterocycles. The topological polar surface area (TPSA) is 48.8 Å². The van der Waals surface area contributed by atoms with Crippen molar-refractivity contribution >= 4 is 0 Å². The highest BCUT2D eigenvalue weighted by molar-refractivity contribution is 4.83. The van der Waals surface area contributed by atoms with E-state index in [2.05, 4.69) is 16.9 Å². The molecule has 0 N–H and O–H groups in total. The van der Waals surface area contributed by atoms with E-state index in [-0.39, 0.29) is 0 Å². The van der Waals surface area contributed by atoms with Crippen molar-refractivity contribution in [3.8, 4) is 0 Å². The first-order valence-electron chi connectivity index (χ1n) is 2.85. The van der Waals surface area contributed by atoms with Crippen molar-refractivity contribution < 1.29 is 0 Å². The molecule has 3 nitrogen and oxygen atoms in total. The molecule has 0 aromatic heterocycles. The van der Waals surface area contributed by atoms with E-state index in [0.29, 0.717) is 12.5 Å². The van der Waals surface area contributed by atoms with E-state index in [9.17, 15) is 0 Å². The molecular formula is C5H9N3. The summed E-state index contributed by atoms with van der Waals surface area (Å²) < 4.78 is 0. The maximum Gasteiger partial charge on any atom is 0.0288 e. The van der Waals surface area contributed by atoms with Crippen LogP contribution in [0.3, 0.4) is 0 Å². The minimum Gasteiger partial charge on any atom is -0.0937 e.